The molecule has 1 aliphatic rings. The fourth-order valence-corrected chi connectivity index (χ4v) is 2.19. The Balaban J connectivity index is 2.35. The van der Waals surface area contributed by atoms with Crippen LogP contribution >= 0.6 is 0 Å². The Labute approximate surface area is 94.9 Å². The van der Waals surface area contributed by atoms with Crippen molar-refractivity contribution >= 4 is 11.7 Å². The van der Waals surface area contributed by atoms with Gasteiger partial charge in [-0.25, -0.2) is 4.79 Å². The number of para-hydroxylation sites is 1. The SMILES string of the molecule is C[C@@H]1C[C@](C)(O)N(c2ccccc2)C(=O)N1. The van der Waals surface area contributed by atoms with Crippen LogP contribution in [0.15, 0.2) is 30.3 Å². The Bertz CT molecular complexity index is 389. The van der Waals surface area contributed by atoms with Crippen molar-refractivity contribution < 1.29 is 9.90 Å². The van der Waals surface area contributed by atoms with E-state index in [-0.39, 0.29) is 12.1 Å². The first-order valence-electron chi connectivity index (χ1n) is 5.39. The van der Waals surface area contributed by atoms with Crippen LogP contribution in [0.5, 0.6) is 0 Å². The Morgan fingerprint density at radius 3 is 2.62 bits per heavy atom. The van der Waals surface area contributed by atoms with E-state index in [1.165, 1.54) is 4.90 Å². The maximum absolute atomic E-state index is 11.9. The van der Waals surface area contributed by atoms with Crippen LogP contribution in [0, 0.1) is 0 Å². The van der Waals surface area contributed by atoms with E-state index in [2.05, 4.69) is 5.32 Å². The number of urea groups is 1. The van der Waals surface area contributed by atoms with E-state index in [9.17, 15) is 9.90 Å². The zero-order chi connectivity index (χ0) is 11.8. The van der Waals surface area contributed by atoms with E-state index in [1.54, 1.807) is 6.92 Å². The summed E-state index contributed by atoms with van der Waals surface area (Å²) in [7, 11) is 0. The molecule has 1 aliphatic heterocycles. The minimum atomic E-state index is -1.14. The molecule has 1 fully saturated rings. The zero-order valence-electron chi connectivity index (χ0n) is 9.47. The molecule has 4 nitrogen and oxygen atoms in total. The van der Waals surface area contributed by atoms with Crippen molar-refractivity contribution in [1.82, 2.24) is 5.32 Å². The lowest BCUT2D eigenvalue weighted by Gasteiger charge is -2.43. The third kappa shape index (κ3) is 1.88. The summed E-state index contributed by atoms with van der Waals surface area (Å²) in [5.74, 6) is 0. The molecule has 1 aromatic carbocycles. The number of nitrogens with zero attached hydrogens (tertiary/aromatic N) is 1. The first-order valence-corrected chi connectivity index (χ1v) is 5.39. The molecule has 2 amide bonds. The highest BCUT2D eigenvalue weighted by atomic mass is 16.3. The summed E-state index contributed by atoms with van der Waals surface area (Å²) >= 11 is 0. The number of rotatable bonds is 1. The van der Waals surface area contributed by atoms with Gasteiger partial charge < -0.3 is 10.4 Å². The van der Waals surface area contributed by atoms with E-state index >= 15 is 0 Å². The number of carbonyl (C=O) groups is 1. The summed E-state index contributed by atoms with van der Waals surface area (Å²) in [5, 5.41) is 13.1. The van der Waals surface area contributed by atoms with Gasteiger partial charge in [-0.05, 0) is 26.0 Å². The van der Waals surface area contributed by atoms with Crippen LogP contribution in [0.1, 0.15) is 20.3 Å². The molecular formula is C12H16N2O2. The molecule has 0 bridgehead atoms. The lowest BCUT2D eigenvalue weighted by Crippen LogP contribution is -2.62. The third-order valence-electron chi connectivity index (χ3n) is 2.76. The average Bonchev–Trinajstić information content (AvgIpc) is 2.15. The summed E-state index contributed by atoms with van der Waals surface area (Å²) in [5.41, 5.74) is -0.430. The fraction of sp³-hybridized carbons (Fsp3) is 0.417. The highest BCUT2D eigenvalue weighted by molar-refractivity contribution is 5.94. The Morgan fingerprint density at radius 1 is 1.44 bits per heavy atom. The van der Waals surface area contributed by atoms with Crippen LogP contribution in [0.3, 0.4) is 0 Å². The summed E-state index contributed by atoms with van der Waals surface area (Å²) in [6.07, 6.45) is 0.508. The van der Waals surface area contributed by atoms with Crippen LogP contribution in [0.4, 0.5) is 10.5 Å². The van der Waals surface area contributed by atoms with Crippen LogP contribution in [-0.2, 0) is 0 Å². The van der Waals surface area contributed by atoms with Gasteiger partial charge in [0, 0.05) is 18.2 Å². The van der Waals surface area contributed by atoms with Crippen LogP contribution in [0.2, 0.25) is 0 Å². The normalized spacial score (nSPS) is 30.1. The van der Waals surface area contributed by atoms with Gasteiger partial charge in [-0.3, -0.25) is 4.90 Å². The Morgan fingerprint density at radius 2 is 2.06 bits per heavy atom. The van der Waals surface area contributed by atoms with Gasteiger partial charge in [-0.15, -0.1) is 0 Å². The van der Waals surface area contributed by atoms with Gasteiger partial charge in [0.05, 0.1) is 0 Å². The van der Waals surface area contributed by atoms with Crippen molar-refractivity contribution in [3.05, 3.63) is 30.3 Å². The maximum atomic E-state index is 11.9. The highest BCUT2D eigenvalue weighted by Gasteiger charge is 2.40. The molecule has 1 heterocycles. The molecule has 2 N–H and O–H groups in total. The highest BCUT2D eigenvalue weighted by Crippen LogP contribution is 2.28. The summed E-state index contributed by atoms with van der Waals surface area (Å²) in [4.78, 5) is 13.3. The van der Waals surface area contributed by atoms with Gasteiger partial charge in [0.25, 0.3) is 0 Å². The lowest BCUT2D eigenvalue weighted by molar-refractivity contribution is 0.0344. The monoisotopic (exact) mass is 220 g/mol. The number of anilines is 1. The average molecular weight is 220 g/mol. The number of benzene rings is 1. The van der Waals surface area contributed by atoms with Crippen LogP contribution in [0.25, 0.3) is 0 Å². The second-order valence-corrected chi connectivity index (χ2v) is 4.44. The van der Waals surface area contributed by atoms with Gasteiger partial charge in [-0.1, -0.05) is 18.2 Å². The van der Waals surface area contributed by atoms with E-state index in [0.29, 0.717) is 12.1 Å². The smallest absolute Gasteiger partial charge is 0.324 e. The van der Waals surface area contributed by atoms with E-state index in [4.69, 9.17) is 0 Å². The standard InChI is InChI=1S/C12H16N2O2/c1-9-8-12(2,16)14(11(15)13-9)10-6-4-3-5-7-10/h3-7,9,16H,8H2,1-2H3,(H,13,15)/t9-,12+/m1/s1. The molecule has 0 saturated carbocycles. The number of aliphatic hydroxyl groups is 1. The van der Waals surface area contributed by atoms with Crippen molar-refractivity contribution in [3.63, 3.8) is 0 Å². The first kappa shape index (κ1) is 11.0. The molecule has 16 heavy (non-hydrogen) atoms. The van der Waals surface area contributed by atoms with Gasteiger partial charge in [0.15, 0.2) is 0 Å². The third-order valence-corrected chi connectivity index (χ3v) is 2.76. The number of nitrogens with one attached hydrogen (secondary N) is 1. The molecule has 0 radical (unpaired) electrons. The second-order valence-electron chi connectivity index (χ2n) is 4.44. The van der Waals surface area contributed by atoms with Gasteiger partial charge >= 0.3 is 6.03 Å². The summed E-state index contributed by atoms with van der Waals surface area (Å²) < 4.78 is 0. The van der Waals surface area contributed by atoms with E-state index in [1.807, 2.05) is 37.3 Å². The van der Waals surface area contributed by atoms with E-state index < -0.39 is 5.72 Å². The largest absolute Gasteiger partial charge is 0.371 e. The minimum absolute atomic E-state index is 0.0116. The molecule has 86 valence electrons. The van der Waals surface area contributed by atoms with Gasteiger partial charge in [0.2, 0.25) is 0 Å². The predicted molar refractivity (Wildman–Crippen MR) is 62.2 cm³/mol. The Hall–Kier alpha value is -1.55. The van der Waals surface area contributed by atoms with Crippen molar-refractivity contribution in [3.8, 4) is 0 Å². The quantitative estimate of drug-likeness (QED) is 0.757. The van der Waals surface area contributed by atoms with Crippen molar-refractivity contribution in [2.75, 3.05) is 4.90 Å². The Kier molecular flexibility index (Phi) is 2.59. The molecule has 0 spiro atoms. The molecule has 2 rings (SSSR count). The first-order chi connectivity index (χ1) is 7.50. The number of hydrogen-bond donors (Lipinski definition) is 2. The van der Waals surface area contributed by atoms with Gasteiger partial charge in [0.1, 0.15) is 5.72 Å². The van der Waals surface area contributed by atoms with E-state index in [0.717, 1.165) is 0 Å². The number of carbonyl (C=O) groups excluding carboxylic acids is 1. The van der Waals surface area contributed by atoms with Crippen LogP contribution in [-0.4, -0.2) is 22.9 Å². The fourth-order valence-electron chi connectivity index (χ4n) is 2.19. The topological polar surface area (TPSA) is 52.6 Å². The molecule has 2 atom stereocenters. The lowest BCUT2D eigenvalue weighted by atomic mass is 10.0. The predicted octanol–water partition coefficient (Wildman–Crippen LogP) is 1.70. The number of amides is 2. The summed E-state index contributed by atoms with van der Waals surface area (Å²) in [6, 6.07) is 8.92. The van der Waals surface area contributed by atoms with Crippen molar-refractivity contribution in [1.29, 1.82) is 0 Å². The molecule has 0 aliphatic carbocycles. The molecule has 0 aromatic heterocycles. The molecule has 1 aromatic rings. The van der Waals surface area contributed by atoms with Crippen LogP contribution < -0.4 is 10.2 Å². The molecular weight excluding hydrogens is 204 g/mol. The van der Waals surface area contributed by atoms with Crippen molar-refractivity contribution in [2.45, 2.75) is 32.0 Å². The van der Waals surface area contributed by atoms with Gasteiger partial charge in [-0.2, -0.15) is 0 Å². The minimum Gasteiger partial charge on any atom is -0.371 e. The number of hydrogen-bond acceptors (Lipinski definition) is 2. The van der Waals surface area contributed by atoms with Crippen molar-refractivity contribution in [2.24, 2.45) is 0 Å². The second kappa shape index (κ2) is 3.79. The molecule has 0 unspecified atom stereocenters. The summed E-state index contributed by atoms with van der Waals surface area (Å²) in [6.45, 7) is 3.55. The zero-order valence-corrected chi connectivity index (χ0v) is 9.47. The maximum Gasteiger partial charge on any atom is 0.324 e. The molecule has 4 heteroatoms. The molecule has 1 saturated heterocycles.